The summed E-state index contributed by atoms with van der Waals surface area (Å²) in [6.07, 6.45) is 2.00. The van der Waals surface area contributed by atoms with Crippen LogP contribution in [0, 0.1) is 19.9 Å². The molecule has 1 radical (unpaired) electrons. The van der Waals surface area contributed by atoms with Gasteiger partial charge in [-0.1, -0.05) is 13.3 Å². The van der Waals surface area contributed by atoms with Crippen molar-refractivity contribution in [2.24, 2.45) is 0 Å². The van der Waals surface area contributed by atoms with Gasteiger partial charge in [-0.3, -0.25) is 0 Å². The summed E-state index contributed by atoms with van der Waals surface area (Å²) < 4.78 is 0. The van der Waals surface area contributed by atoms with E-state index in [1.807, 2.05) is 6.07 Å². The van der Waals surface area contributed by atoms with Crippen LogP contribution in [0.5, 0.6) is 0 Å². The van der Waals surface area contributed by atoms with Gasteiger partial charge in [0.05, 0.1) is 0 Å². The SMILES string of the molecule is [CH2-]CCc1[c-]ccc(C)c1.[V+2]. The molecule has 0 amide bonds. The van der Waals surface area contributed by atoms with E-state index >= 15 is 0 Å². The zero-order valence-corrected chi connectivity index (χ0v) is 8.20. The van der Waals surface area contributed by atoms with Crippen LogP contribution in [0.25, 0.3) is 0 Å². The molecule has 0 heterocycles. The van der Waals surface area contributed by atoms with E-state index in [1.54, 1.807) is 0 Å². The van der Waals surface area contributed by atoms with Crippen LogP contribution in [0.4, 0.5) is 0 Å². The quantitative estimate of drug-likeness (QED) is 0.618. The molecule has 0 aliphatic rings. The van der Waals surface area contributed by atoms with Crippen LogP contribution < -0.4 is 0 Å². The van der Waals surface area contributed by atoms with Gasteiger partial charge in [-0.25, -0.2) is 0 Å². The number of aryl methyl sites for hydroxylation is 2. The van der Waals surface area contributed by atoms with Gasteiger partial charge in [-0.2, -0.15) is 41.8 Å². The normalized spacial score (nSPS) is 8.91. The minimum atomic E-state index is 0. The molecule has 0 atom stereocenters. The molecule has 0 saturated heterocycles. The maximum atomic E-state index is 3.79. The van der Waals surface area contributed by atoms with Gasteiger partial charge in [-0.05, 0) is 0 Å². The Morgan fingerprint density at radius 2 is 2.27 bits per heavy atom. The Bertz CT molecular complexity index is 206. The second kappa shape index (κ2) is 5.45. The van der Waals surface area contributed by atoms with Crippen molar-refractivity contribution >= 4 is 0 Å². The predicted octanol–water partition coefficient (Wildman–Crippen LogP) is 2.56. The third-order valence-corrected chi connectivity index (χ3v) is 1.46. The van der Waals surface area contributed by atoms with Crippen LogP contribution in [0.15, 0.2) is 18.2 Å². The first-order valence-corrected chi connectivity index (χ1v) is 3.59. The fourth-order valence-electron chi connectivity index (χ4n) is 0.980. The number of benzene rings is 1. The van der Waals surface area contributed by atoms with Gasteiger partial charge >= 0.3 is 18.6 Å². The Hall–Kier alpha value is -0.196. The van der Waals surface area contributed by atoms with E-state index in [0.717, 1.165) is 12.8 Å². The van der Waals surface area contributed by atoms with Gasteiger partial charge in [0, 0.05) is 0 Å². The minimum Gasteiger partial charge on any atom is -0.343 e. The molecule has 0 aromatic heterocycles. The average Bonchev–Trinajstić information content (AvgIpc) is 1.88. The summed E-state index contributed by atoms with van der Waals surface area (Å²) in [5.74, 6) is 0. The van der Waals surface area contributed by atoms with Crippen LogP contribution in [-0.4, -0.2) is 0 Å². The monoisotopic (exact) mass is 183 g/mol. The van der Waals surface area contributed by atoms with Crippen molar-refractivity contribution in [3.05, 3.63) is 42.3 Å². The summed E-state index contributed by atoms with van der Waals surface area (Å²) in [5.41, 5.74) is 2.58. The van der Waals surface area contributed by atoms with Crippen LogP contribution in [-0.2, 0) is 25.0 Å². The van der Waals surface area contributed by atoms with E-state index in [9.17, 15) is 0 Å². The second-order valence-electron chi connectivity index (χ2n) is 2.49. The van der Waals surface area contributed by atoms with Crippen molar-refractivity contribution in [3.8, 4) is 0 Å². The van der Waals surface area contributed by atoms with Crippen molar-refractivity contribution < 1.29 is 18.6 Å². The van der Waals surface area contributed by atoms with E-state index in [-0.39, 0.29) is 18.6 Å². The number of hydrogen-bond donors (Lipinski definition) is 0. The molecular formula is C10H12V. The van der Waals surface area contributed by atoms with Crippen LogP contribution in [0.3, 0.4) is 0 Å². The van der Waals surface area contributed by atoms with Crippen LogP contribution >= 0.6 is 0 Å². The fourth-order valence-corrected chi connectivity index (χ4v) is 0.980. The summed E-state index contributed by atoms with van der Waals surface area (Å²) in [6.45, 7) is 5.89. The van der Waals surface area contributed by atoms with Gasteiger partial charge in [0.2, 0.25) is 0 Å². The predicted molar refractivity (Wildman–Crippen MR) is 43.7 cm³/mol. The van der Waals surface area contributed by atoms with Crippen molar-refractivity contribution in [3.63, 3.8) is 0 Å². The molecule has 1 aromatic rings. The first-order chi connectivity index (χ1) is 4.83. The molecule has 1 heteroatoms. The largest absolute Gasteiger partial charge is 2.00 e. The molecular weight excluding hydrogens is 171 g/mol. The maximum Gasteiger partial charge on any atom is 2.00 e. The van der Waals surface area contributed by atoms with Crippen molar-refractivity contribution in [2.75, 3.05) is 0 Å². The zero-order chi connectivity index (χ0) is 7.40. The third kappa shape index (κ3) is 3.64. The summed E-state index contributed by atoms with van der Waals surface area (Å²) in [4.78, 5) is 0. The average molecular weight is 183 g/mol. The van der Waals surface area contributed by atoms with Crippen LogP contribution in [0.1, 0.15) is 17.5 Å². The first-order valence-electron chi connectivity index (χ1n) is 3.59. The van der Waals surface area contributed by atoms with Gasteiger partial charge in [0.1, 0.15) is 0 Å². The molecule has 0 spiro atoms. The Morgan fingerprint density at radius 3 is 2.82 bits per heavy atom. The summed E-state index contributed by atoms with van der Waals surface area (Å²) in [5, 5.41) is 0. The first kappa shape index (κ1) is 10.8. The molecule has 0 N–H and O–H groups in total. The molecule has 11 heavy (non-hydrogen) atoms. The van der Waals surface area contributed by atoms with Gasteiger partial charge in [0.25, 0.3) is 0 Å². The smallest absolute Gasteiger partial charge is 0.343 e. The topological polar surface area (TPSA) is 0 Å². The molecule has 57 valence electrons. The van der Waals surface area contributed by atoms with Gasteiger partial charge in [0.15, 0.2) is 0 Å². The van der Waals surface area contributed by atoms with Gasteiger partial charge in [-0.15, -0.1) is 0 Å². The molecule has 0 fully saturated rings. The molecule has 0 bridgehead atoms. The van der Waals surface area contributed by atoms with E-state index in [4.69, 9.17) is 0 Å². The Labute approximate surface area is 80.9 Å². The number of rotatable bonds is 2. The molecule has 0 nitrogen and oxygen atoms in total. The number of hydrogen-bond acceptors (Lipinski definition) is 0. The van der Waals surface area contributed by atoms with E-state index in [2.05, 4.69) is 32.0 Å². The molecule has 0 unspecified atom stereocenters. The molecule has 1 rings (SSSR count). The second-order valence-corrected chi connectivity index (χ2v) is 2.49. The Balaban J connectivity index is 0.000001000. The summed E-state index contributed by atoms with van der Waals surface area (Å²) in [7, 11) is 0. The van der Waals surface area contributed by atoms with Crippen molar-refractivity contribution in [1.82, 2.24) is 0 Å². The standard InChI is InChI=1S/C10H12.V/c1-3-5-10-7-4-6-9(2)8-10;/h4,6,8H,1,3,5H2,2H3;/q-2;+2. The summed E-state index contributed by atoms with van der Waals surface area (Å²) >= 11 is 0. The molecule has 0 saturated carbocycles. The molecule has 0 aliphatic heterocycles. The van der Waals surface area contributed by atoms with E-state index in [0.29, 0.717) is 0 Å². The van der Waals surface area contributed by atoms with Crippen LogP contribution in [0.2, 0.25) is 0 Å². The third-order valence-electron chi connectivity index (χ3n) is 1.46. The van der Waals surface area contributed by atoms with Crippen molar-refractivity contribution in [2.45, 2.75) is 19.8 Å². The van der Waals surface area contributed by atoms with Crippen molar-refractivity contribution in [1.29, 1.82) is 0 Å². The molecule has 0 aliphatic carbocycles. The zero-order valence-electron chi connectivity index (χ0n) is 6.80. The molecule has 1 aromatic carbocycles. The van der Waals surface area contributed by atoms with Gasteiger partial charge < -0.3 is 6.92 Å². The van der Waals surface area contributed by atoms with E-state index in [1.165, 1.54) is 11.1 Å². The maximum absolute atomic E-state index is 3.79. The fraction of sp³-hybridized carbons (Fsp3) is 0.300. The Morgan fingerprint density at radius 1 is 1.55 bits per heavy atom. The Kier molecular flexibility index (Phi) is 5.36. The van der Waals surface area contributed by atoms with E-state index < -0.39 is 0 Å². The summed E-state index contributed by atoms with van der Waals surface area (Å²) in [6, 6.07) is 9.36. The minimum absolute atomic E-state index is 0.